The summed E-state index contributed by atoms with van der Waals surface area (Å²) in [5.41, 5.74) is -0.476. The van der Waals surface area contributed by atoms with Gasteiger partial charge in [-0.1, -0.05) is 0 Å². The lowest BCUT2D eigenvalue weighted by Gasteiger charge is -2.12. The molecule has 134 valence electrons. The summed E-state index contributed by atoms with van der Waals surface area (Å²) in [5, 5.41) is 7.37. The number of esters is 1. The lowest BCUT2D eigenvalue weighted by atomic mass is 10.1. The van der Waals surface area contributed by atoms with Crippen LogP contribution in [0.5, 0.6) is 11.5 Å². The fourth-order valence-corrected chi connectivity index (χ4v) is 2.29. The van der Waals surface area contributed by atoms with Gasteiger partial charge < -0.3 is 19.5 Å². The molecular weight excluding hydrogens is 330 g/mol. The molecule has 0 fully saturated rings. The average Bonchev–Trinajstić information content (AvgIpc) is 2.62. The first-order valence-corrected chi connectivity index (χ1v) is 7.46. The first-order chi connectivity index (χ1) is 12.0. The van der Waals surface area contributed by atoms with E-state index in [1.54, 1.807) is 12.1 Å². The molecule has 0 radical (unpaired) electrons. The molecule has 0 aliphatic carbocycles. The summed E-state index contributed by atoms with van der Waals surface area (Å²) >= 11 is 0. The highest BCUT2D eigenvalue weighted by molar-refractivity contribution is 5.89. The van der Waals surface area contributed by atoms with E-state index in [1.807, 2.05) is 0 Å². The number of carbonyl (C=O) groups is 2. The fraction of sp³-hybridized carbons (Fsp3) is 0.375. The van der Waals surface area contributed by atoms with Crippen LogP contribution in [0.3, 0.4) is 0 Å². The van der Waals surface area contributed by atoms with Crippen LogP contribution in [0, 0.1) is 0 Å². The highest BCUT2D eigenvalue weighted by atomic mass is 16.5. The van der Waals surface area contributed by atoms with Crippen molar-refractivity contribution in [1.29, 1.82) is 0 Å². The van der Waals surface area contributed by atoms with Crippen molar-refractivity contribution in [3.63, 3.8) is 0 Å². The number of methoxy groups -OCH3 is 3. The number of fused-ring (bicyclic) bond motifs is 1. The minimum absolute atomic E-state index is 0.0489. The predicted octanol–water partition coefficient (Wildman–Crippen LogP) is 0.0930. The van der Waals surface area contributed by atoms with Crippen molar-refractivity contribution < 1.29 is 23.8 Å². The van der Waals surface area contributed by atoms with Crippen LogP contribution in [0.2, 0.25) is 0 Å². The Hall–Kier alpha value is -3.10. The van der Waals surface area contributed by atoms with Crippen molar-refractivity contribution in [3.8, 4) is 11.5 Å². The van der Waals surface area contributed by atoms with E-state index in [0.717, 1.165) is 4.68 Å². The highest BCUT2D eigenvalue weighted by Crippen LogP contribution is 2.32. The number of aromatic nitrogens is 2. The van der Waals surface area contributed by atoms with E-state index in [4.69, 9.17) is 9.47 Å². The molecule has 2 rings (SSSR count). The molecule has 1 amide bonds. The van der Waals surface area contributed by atoms with Gasteiger partial charge in [-0.15, -0.1) is 0 Å². The number of ether oxygens (including phenoxy) is 3. The Kier molecular flexibility index (Phi) is 5.93. The first-order valence-electron chi connectivity index (χ1n) is 7.46. The van der Waals surface area contributed by atoms with Gasteiger partial charge in [-0.3, -0.25) is 14.4 Å². The number of nitrogens with one attached hydrogen (secondary N) is 1. The number of carbonyl (C=O) groups excluding carboxylic acids is 2. The van der Waals surface area contributed by atoms with Gasteiger partial charge in [0.15, 0.2) is 11.5 Å². The zero-order valence-corrected chi connectivity index (χ0v) is 14.2. The third-order valence-corrected chi connectivity index (χ3v) is 3.53. The molecular formula is C16H19N3O6. The van der Waals surface area contributed by atoms with Crippen LogP contribution in [0.25, 0.3) is 10.8 Å². The molecule has 9 heteroatoms. The molecule has 1 aromatic carbocycles. The fourth-order valence-electron chi connectivity index (χ4n) is 2.29. The van der Waals surface area contributed by atoms with Crippen molar-refractivity contribution in [3.05, 3.63) is 28.7 Å². The van der Waals surface area contributed by atoms with E-state index in [-0.39, 0.29) is 30.6 Å². The molecule has 0 atom stereocenters. The molecule has 1 N–H and O–H groups in total. The van der Waals surface area contributed by atoms with Crippen LogP contribution in [0.4, 0.5) is 0 Å². The second kappa shape index (κ2) is 8.13. The number of benzene rings is 1. The van der Waals surface area contributed by atoms with Crippen molar-refractivity contribution in [1.82, 2.24) is 15.1 Å². The van der Waals surface area contributed by atoms with Crippen LogP contribution in [0.15, 0.2) is 23.1 Å². The van der Waals surface area contributed by atoms with Crippen LogP contribution < -0.4 is 20.3 Å². The molecule has 0 bridgehead atoms. The molecule has 0 saturated heterocycles. The van der Waals surface area contributed by atoms with Crippen LogP contribution in [0.1, 0.15) is 6.42 Å². The maximum Gasteiger partial charge on any atom is 0.307 e. The predicted molar refractivity (Wildman–Crippen MR) is 88.7 cm³/mol. The Morgan fingerprint density at radius 2 is 1.96 bits per heavy atom. The smallest absolute Gasteiger partial charge is 0.307 e. The SMILES string of the molecule is COC(=O)CCNC(=O)Cn1ncc2ccc(OC)c(OC)c2c1=O. The van der Waals surface area contributed by atoms with Crippen molar-refractivity contribution in [2.24, 2.45) is 0 Å². The number of nitrogens with zero attached hydrogens (tertiary/aromatic N) is 2. The highest BCUT2D eigenvalue weighted by Gasteiger charge is 2.16. The number of hydrogen-bond acceptors (Lipinski definition) is 7. The Morgan fingerprint density at radius 3 is 2.60 bits per heavy atom. The Bertz CT molecular complexity index is 846. The zero-order chi connectivity index (χ0) is 18.4. The largest absolute Gasteiger partial charge is 0.493 e. The van der Waals surface area contributed by atoms with Gasteiger partial charge in [0, 0.05) is 11.9 Å². The molecule has 1 aromatic heterocycles. The second-order valence-corrected chi connectivity index (χ2v) is 5.05. The molecule has 0 aliphatic heterocycles. The second-order valence-electron chi connectivity index (χ2n) is 5.05. The van der Waals surface area contributed by atoms with Gasteiger partial charge >= 0.3 is 5.97 Å². The van der Waals surface area contributed by atoms with E-state index >= 15 is 0 Å². The van der Waals surface area contributed by atoms with Crippen molar-refractivity contribution in [2.75, 3.05) is 27.9 Å². The Labute approximate surface area is 143 Å². The van der Waals surface area contributed by atoms with E-state index in [9.17, 15) is 14.4 Å². The third-order valence-electron chi connectivity index (χ3n) is 3.53. The molecule has 0 unspecified atom stereocenters. The van der Waals surface area contributed by atoms with Crippen LogP contribution in [-0.2, 0) is 20.9 Å². The molecule has 0 saturated carbocycles. The lowest BCUT2D eigenvalue weighted by molar-refractivity contribution is -0.140. The van der Waals surface area contributed by atoms with Crippen LogP contribution in [-0.4, -0.2) is 49.5 Å². The molecule has 0 spiro atoms. The molecule has 1 heterocycles. The Morgan fingerprint density at radius 1 is 1.20 bits per heavy atom. The maximum absolute atomic E-state index is 12.7. The zero-order valence-electron chi connectivity index (χ0n) is 14.2. The minimum atomic E-state index is -0.476. The molecule has 2 aromatic rings. The van der Waals surface area contributed by atoms with Gasteiger partial charge in [-0.25, -0.2) is 4.68 Å². The monoisotopic (exact) mass is 349 g/mol. The summed E-state index contributed by atoms with van der Waals surface area (Å²) in [4.78, 5) is 35.6. The average molecular weight is 349 g/mol. The van der Waals surface area contributed by atoms with Gasteiger partial charge in [0.25, 0.3) is 5.56 Å². The van der Waals surface area contributed by atoms with Crippen molar-refractivity contribution in [2.45, 2.75) is 13.0 Å². The Balaban J connectivity index is 2.25. The summed E-state index contributed by atoms with van der Waals surface area (Å²) in [6.07, 6.45) is 1.52. The van der Waals surface area contributed by atoms with Gasteiger partial charge in [-0.2, -0.15) is 5.10 Å². The quantitative estimate of drug-likeness (QED) is 0.706. The normalized spacial score (nSPS) is 10.4. The van der Waals surface area contributed by atoms with Gasteiger partial charge in [0.05, 0.1) is 39.3 Å². The molecule has 25 heavy (non-hydrogen) atoms. The third kappa shape index (κ3) is 4.06. The van der Waals surface area contributed by atoms with Gasteiger partial charge in [0.1, 0.15) is 6.54 Å². The summed E-state index contributed by atoms with van der Waals surface area (Å²) in [5.74, 6) is -0.183. The van der Waals surface area contributed by atoms with Crippen molar-refractivity contribution >= 4 is 22.6 Å². The topological polar surface area (TPSA) is 109 Å². The number of rotatable bonds is 7. The van der Waals surface area contributed by atoms with E-state index < -0.39 is 17.4 Å². The first kappa shape index (κ1) is 18.2. The van der Waals surface area contributed by atoms with Crippen LogP contribution >= 0.6 is 0 Å². The minimum Gasteiger partial charge on any atom is -0.493 e. The van der Waals surface area contributed by atoms with E-state index in [1.165, 1.54) is 27.5 Å². The summed E-state index contributed by atoms with van der Waals surface area (Å²) in [6.45, 7) is -0.165. The summed E-state index contributed by atoms with van der Waals surface area (Å²) < 4.78 is 16.0. The number of amides is 1. The maximum atomic E-state index is 12.7. The molecule has 0 aliphatic rings. The lowest BCUT2D eigenvalue weighted by Crippen LogP contribution is -2.34. The standard InChI is InChI=1S/C16H19N3O6/c1-23-11-5-4-10-8-18-19(16(22)14(10)15(11)25-3)9-12(20)17-7-6-13(21)24-2/h4-5,8H,6-7,9H2,1-3H3,(H,17,20). The van der Waals surface area contributed by atoms with E-state index in [2.05, 4.69) is 15.2 Å². The number of hydrogen-bond donors (Lipinski definition) is 1. The van der Waals surface area contributed by atoms with Gasteiger partial charge in [-0.05, 0) is 12.1 Å². The molecule has 9 nitrogen and oxygen atoms in total. The summed E-state index contributed by atoms with van der Waals surface area (Å²) in [7, 11) is 4.17. The summed E-state index contributed by atoms with van der Waals surface area (Å²) in [6, 6.07) is 3.36. The van der Waals surface area contributed by atoms with E-state index in [0.29, 0.717) is 11.1 Å². The van der Waals surface area contributed by atoms with Gasteiger partial charge in [0.2, 0.25) is 5.91 Å².